The van der Waals surface area contributed by atoms with Gasteiger partial charge in [-0.2, -0.15) is 10.1 Å². The zero-order valence-electron chi connectivity index (χ0n) is 17.1. The fourth-order valence-corrected chi connectivity index (χ4v) is 3.54. The summed E-state index contributed by atoms with van der Waals surface area (Å²) in [7, 11) is 0. The molecule has 1 aliphatic heterocycles. The van der Waals surface area contributed by atoms with Gasteiger partial charge in [-0.25, -0.2) is 0 Å². The van der Waals surface area contributed by atoms with Gasteiger partial charge in [0.2, 0.25) is 5.95 Å². The van der Waals surface area contributed by atoms with E-state index in [0.717, 1.165) is 36.8 Å². The minimum atomic E-state index is 0.472. The van der Waals surface area contributed by atoms with E-state index in [1.54, 1.807) is 6.20 Å². The van der Waals surface area contributed by atoms with Gasteiger partial charge in [0.25, 0.3) is 0 Å². The number of nitrogens with zero attached hydrogens (tertiary/aromatic N) is 4. The standard InChI is InChI=1S/C23H28N6/c1-3-18-4-6-19(7-5-18)25-22-16-24-28-23(27-22)26-20-8-10-21(11-9-20)29-14-12-17(2)13-15-29/h4-11,16-17H,3,12-15H2,1-2H3,(H2,25,26,27,28). The van der Waals surface area contributed by atoms with E-state index in [1.807, 2.05) is 12.1 Å². The number of aromatic nitrogens is 3. The van der Waals surface area contributed by atoms with Crippen LogP contribution in [0.25, 0.3) is 0 Å². The van der Waals surface area contributed by atoms with Crippen LogP contribution in [0.15, 0.2) is 54.7 Å². The number of nitrogens with one attached hydrogen (secondary N) is 2. The lowest BCUT2D eigenvalue weighted by Crippen LogP contribution is -2.32. The van der Waals surface area contributed by atoms with Crippen LogP contribution in [0, 0.1) is 5.92 Å². The third kappa shape index (κ3) is 5.02. The summed E-state index contributed by atoms with van der Waals surface area (Å²) in [5, 5.41) is 14.7. The van der Waals surface area contributed by atoms with Crippen molar-refractivity contribution in [3.63, 3.8) is 0 Å². The van der Waals surface area contributed by atoms with Gasteiger partial charge in [-0.1, -0.05) is 26.0 Å². The minimum Gasteiger partial charge on any atom is -0.372 e. The van der Waals surface area contributed by atoms with Crippen molar-refractivity contribution in [2.45, 2.75) is 33.1 Å². The van der Waals surface area contributed by atoms with Gasteiger partial charge < -0.3 is 15.5 Å². The Morgan fingerprint density at radius 2 is 1.59 bits per heavy atom. The van der Waals surface area contributed by atoms with E-state index < -0.39 is 0 Å². The van der Waals surface area contributed by atoms with E-state index in [-0.39, 0.29) is 0 Å². The number of hydrogen-bond acceptors (Lipinski definition) is 6. The lowest BCUT2D eigenvalue weighted by molar-refractivity contribution is 0.438. The van der Waals surface area contributed by atoms with E-state index in [2.05, 4.69) is 81.0 Å². The summed E-state index contributed by atoms with van der Waals surface area (Å²) in [6.07, 6.45) is 5.18. The van der Waals surface area contributed by atoms with E-state index >= 15 is 0 Å². The molecule has 2 aromatic carbocycles. The molecular weight excluding hydrogens is 360 g/mol. The number of piperidine rings is 1. The molecular formula is C23H28N6. The van der Waals surface area contributed by atoms with Crippen LogP contribution < -0.4 is 15.5 Å². The quantitative estimate of drug-likeness (QED) is 0.608. The number of hydrogen-bond donors (Lipinski definition) is 2. The van der Waals surface area contributed by atoms with Gasteiger partial charge in [0.05, 0.1) is 6.20 Å². The molecule has 0 spiro atoms. The Bertz CT molecular complexity index is 915. The second kappa shape index (κ2) is 8.90. The SMILES string of the molecule is CCc1ccc(Nc2cnnc(Nc3ccc(N4CCC(C)CC4)cc3)n2)cc1. The summed E-state index contributed by atoms with van der Waals surface area (Å²) in [6, 6.07) is 16.8. The first-order valence-electron chi connectivity index (χ1n) is 10.4. The molecule has 0 amide bonds. The molecule has 6 heteroatoms. The molecule has 150 valence electrons. The van der Waals surface area contributed by atoms with Gasteiger partial charge in [0, 0.05) is 30.2 Å². The molecule has 2 N–H and O–H groups in total. The first kappa shape index (κ1) is 19.2. The second-order valence-corrected chi connectivity index (χ2v) is 7.68. The van der Waals surface area contributed by atoms with Gasteiger partial charge in [-0.05, 0) is 67.1 Å². The zero-order valence-corrected chi connectivity index (χ0v) is 17.1. The molecule has 1 aromatic heterocycles. The van der Waals surface area contributed by atoms with Crippen molar-refractivity contribution in [1.29, 1.82) is 0 Å². The van der Waals surface area contributed by atoms with Crippen molar-refractivity contribution in [1.82, 2.24) is 15.2 Å². The van der Waals surface area contributed by atoms with Crippen LogP contribution in [-0.4, -0.2) is 28.3 Å². The highest BCUT2D eigenvalue weighted by Crippen LogP contribution is 2.25. The maximum absolute atomic E-state index is 4.52. The number of rotatable bonds is 6. The summed E-state index contributed by atoms with van der Waals surface area (Å²) in [5.74, 6) is 1.97. The van der Waals surface area contributed by atoms with Crippen molar-refractivity contribution >= 4 is 28.8 Å². The summed E-state index contributed by atoms with van der Waals surface area (Å²) in [5.41, 5.74) is 4.51. The highest BCUT2D eigenvalue weighted by atomic mass is 15.3. The largest absolute Gasteiger partial charge is 0.372 e. The molecule has 1 aliphatic rings. The van der Waals surface area contributed by atoms with Crippen molar-refractivity contribution < 1.29 is 0 Å². The molecule has 0 unspecified atom stereocenters. The van der Waals surface area contributed by atoms with Crippen LogP contribution in [0.5, 0.6) is 0 Å². The molecule has 3 aromatic rings. The van der Waals surface area contributed by atoms with Crippen molar-refractivity contribution in [3.8, 4) is 0 Å². The summed E-state index contributed by atoms with van der Waals surface area (Å²) < 4.78 is 0. The summed E-state index contributed by atoms with van der Waals surface area (Å²) >= 11 is 0. The molecule has 29 heavy (non-hydrogen) atoms. The minimum absolute atomic E-state index is 0.472. The number of aryl methyl sites for hydroxylation is 1. The molecule has 0 saturated carbocycles. The normalized spacial score (nSPS) is 14.6. The molecule has 0 atom stereocenters. The third-order valence-corrected chi connectivity index (χ3v) is 5.47. The molecule has 4 rings (SSSR count). The van der Waals surface area contributed by atoms with Crippen molar-refractivity contribution in [3.05, 3.63) is 60.3 Å². The molecule has 6 nitrogen and oxygen atoms in total. The highest BCUT2D eigenvalue weighted by molar-refractivity contribution is 5.61. The Morgan fingerprint density at radius 1 is 0.931 bits per heavy atom. The first-order chi connectivity index (χ1) is 14.2. The van der Waals surface area contributed by atoms with E-state index in [1.165, 1.54) is 24.1 Å². The average molecular weight is 389 g/mol. The van der Waals surface area contributed by atoms with Gasteiger partial charge in [-0.15, -0.1) is 5.10 Å². The highest BCUT2D eigenvalue weighted by Gasteiger charge is 2.15. The lowest BCUT2D eigenvalue weighted by atomic mass is 9.99. The predicted molar refractivity (Wildman–Crippen MR) is 119 cm³/mol. The fraction of sp³-hybridized carbons (Fsp3) is 0.348. The van der Waals surface area contributed by atoms with Crippen LogP contribution in [0.3, 0.4) is 0 Å². The van der Waals surface area contributed by atoms with Gasteiger partial charge in [0.1, 0.15) is 0 Å². The maximum Gasteiger partial charge on any atom is 0.249 e. The lowest BCUT2D eigenvalue weighted by Gasteiger charge is -2.32. The van der Waals surface area contributed by atoms with Crippen LogP contribution in [0.1, 0.15) is 32.3 Å². The summed E-state index contributed by atoms with van der Waals surface area (Å²) in [4.78, 5) is 6.97. The van der Waals surface area contributed by atoms with Crippen molar-refractivity contribution in [2.24, 2.45) is 5.92 Å². The number of anilines is 5. The van der Waals surface area contributed by atoms with Gasteiger partial charge in [0.15, 0.2) is 5.82 Å². The molecule has 1 fully saturated rings. The smallest absolute Gasteiger partial charge is 0.249 e. The Morgan fingerprint density at radius 3 is 2.28 bits per heavy atom. The maximum atomic E-state index is 4.52. The first-order valence-corrected chi connectivity index (χ1v) is 10.4. The average Bonchev–Trinajstić information content (AvgIpc) is 2.76. The third-order valence-electron chi connectivity index (χ3n) is 5.47. The molecule has 0 bridgehead atoms. The second-order valence-electron chi connectivity index (χ2n) is 7.68. The van der Waals surface area contributed by atoms with Crippen LogP contribution in [0.2, 0.25) is 0 Å². The zero-order chi connectivity index (χ0) is 20.1. The fourth-order valence-electron chi connectivity index (χ4n) is 3.54. The van der Waals surface area contributed by atoms with Gasteiger partial charge >= 0.3 is 0 Å². The monoisotopic (exact) mass is 388 g/mol. The Hall–Kier alpha value is -3.15. The molecule has 0 radical (unpaired) electrons. The Labute approximate surface area is 172 Å². The van der Waals surface area contributed by atoms with Crippen LogP contribution >= 0.6 is 0 Å². The van der Waals surface area contributed by atoms with E-state index in [4.69, 9.17) is 0 Å². The molecule has 1 saturated heterocycles. The van der Waals surface area contributed by atoms with Gasteiger partial charge in [-0.3, -0.25) is 0 Å². The Balaban J connectivity index is 1.39. The predicted octanol–water partition coefficient (Wildman–Crippen LogP) is 5.16. The summed E-state index contributed by atoms with van der Waals surface area (Å²) in [6.45, 7) is 6.75. The Kier molecular flexibility index (Phi) is 5.89. The van der Waals surface area contributed by atoms with E-state index in [0.29, 0.717) is 11.8 Å². The topological polar surface area (TPSA) is 66.0 Å². The van der Waals surface area contributed by atoms with E-state index in [9.17, 15) is 0 Å². The number of benzene rings is 2. The van der Waals surface area contributed by atoms with Crippen LogP contribution in [-0.2, 0) is 6.42 Å². The van der Waals surface area contributed by atoms with Crippen LogP contribution in [0.4, 0.5) is 28.8 Å². The van der Waals surface area contributed by atoms with Crippen molar-refractivity contribution in [2.75, 3.05) is 28.6 Å². The molecule has 2 heterocycles. The molecule has 0 aliphatic carbocycles.